The van der Waals surface area contributed by atoms with E-state index in [0.717, 1.165) is 48.8 Å². The summed E-state index contributed by atoms with van der Waals surface area (Å²) >= 11 is 0. The van der Waals surface area contributed by atoms with Crippen LogP contribution >= 0.6 is 0 Å². The van der Waals surface area contributed by atoms with Crippen molar-refractivity contribution < 1.29 is 13.7 Å². The van der Waals surface area contributed by atoms with Gasteiger partial charge in [-0.3, -0.25) is 4.99 Å². The first-order chi connectivity index (χ1) is 11.8. The number of aliphatic imine (C=N–C) groups is 1. The molecule has 6 heteroatoms. The molecule has 0 saturated carbocycles. The molecule has 5 nitrogen and oxygen atoms in total. The number of amidine groups is 1. The van der Waals surface area contributed by atoms with Gasteiger partial charge in [-0.15, -0.1) is 0 Å². The van der Waals surface area contributed by atoms with Gasteiger partial charge in [-0.1, -0.05) is 25.5 Å². The second kappa shape index (κ2) is 8.44. The monoisotopic (exact) mass is 348 g/mol. The summed E-state index contributed by atoms with van der Waals surface area (Å²) in [6.45, 7) is 6.28. The molecule has 0 aliphatic carbocycles. The van der Waals surface area contributed by atoms with Gasteiger partial charge in [-0.05, 0) is 30.2 Å². The van der Waals surface area contributed by atoms with Crippen molar-refractivity contribution in [3.8, 4) is 5.75 Å². The topological polar surface area (TPSA) is 51.1 Å². The van der Waals surface area contributed by atoms with E-state index in [1.165, 1.54) is 0 Å². The Bertz CT molecular complexity index is 634. The van der Waals surface area contributed by atoms with Gasteiger partial charge < -0.3 is 14.4 Å². The van der Waals surface area contributed by atoms with E-state index in [2.05, 4.69) is 16.8 Å². The molecular weight excluding hydrogens is 324 g/mol. The summed E-state index contributed by atoms with van der Waals surface area (Å²) in [7, 11) is -1.16. The number of hydrogen-bond acceptors (Lipinski definition) is 5. The predicted octanol–water partition coefficient (Wildman–Crippen LogP) is 2.66. The Morgan fingerprint density at radius 1 is 1.29 bits per heavy atom. The van der Waals surface area contributed by atoms with Crippen LogP contribution in [0, 0.1) is 0 Å². The molecule has 0 radical (unpaired) electrons. The minimum atomic E-state index is -1.16. The third-order valence-electron chi connectivity index (χ3n) is 4.03. The van der Waals surface area contributed by atoms with Gasteiger partial charge in [0.2, 0.25) is 0 Å². The Hall–Kier alpha value is -1.66. The van der Waals surface area contributed by atoms with E-state index in [4.69, 9.17) is 9.47 Å². The molecule has 0 aromatic heterocycles. The number of ether oxygens (including phenoxy) is 2. The highest BCUT2D eigenvalue weighted by molar-refractivity contribution is 8.04. The molecule has 1 aromatic rings. The van der Waals surface area contributed by atoms with Gasteiger partial charge in [-0.25, -0.2) is 4.21 Å². The van der Waals surface area contributed by atoms with Crippen molar-refractivity contribution in [1.82, 2.24) is 4.90 Å². The summed E-state index contributed by atoms with van der Waals surface area (Å²) in [5, 5.41) is 0.698. The fourth-order valence-electron chi connectivity index (χ4n) is 2.63. The molecule has 0 bridgehead atoms. The molecule has 2 heterocycles. The zero-order valence-corrected chi connectivity index (χ0v) is 14.9. The summed E-state index contributed by atoms with van der Waals surface area (Å²) in [6, 6.07) is 7.92. The lowest BCUT2D eigenvalue weighted by Gasteiger charge is -2.27. The molecule has 3 rings (SSSR count). The van der Waals surface area contributed by atoms with Crippen molar-refractivity contribution in [2.75, 3.05) is 39.5 Å². The van der Waals surface area contributed by atoms with E-state index in [-0.39, 0.29) is 0 Å². The molecule has 0 amide bonds. The van der Waals surface area contributed by atoms with E-state index in [1.54, 1.807) is 0 Å². The largest absolute Gasteiger partial charge is 0.494 e. The smallest absolute Gasteiger partial charge is 0.195 e. The number of hydrogen-bond donors (Lipinski definition) is 0. The summed E-state index contributed by atoms with van der Waals surface area (Å²) in [4.78, 5) is 7.41. The summed E-state index contributed by atoms with van der Waals surface area (Å²) < 4.78 is 23.7. The van der Waals surface area contributed by atoms with E-state index < -0.39 is 10.8 Å². The van der Waals surface area contributed by atoms with Gasteiger partial charge in [0.15, 0.2) is 5.17 Å². The maximum atomic E-state index is 12.7. The average molecular weight is 348 g/mol. The van der Waals surface area contributed by atoms with Gasteiger partial charge in [-0.2, -0.15) is 0 Å². The lowest BCUT2D eigenvalue weighted by Crippen LogP contribution is -2.41. The molecule has 1 saturated heterocycles. The molecule has 1 atom stereocenters. The number of unbranched alkanes of at least 4 members (excludes halogenated alkanes) is 1. The van der Waals surface area contributed by atoms with Crippen molar-refractivity contribution >= 4 is 22.0 Å². The Kier molecular flexibility index (Phi) is 6.04. The zero-order chi connectivity index (χ0) is 16.8. The first-order valence-electron chi connectivity index (χ1n) is 8.50. The first-order valence-corrected chi connectivity index (χ1v) is 9.65. The Morgan fingerprint density at radius 2 is 2.04 bits per heavy atom. The van der Waals surface area contributed by atoms with E-state index >= 15 is 0 Å². The van der Waals surface area contributed by atoms with Crippen LogP contribution in [0.1, 0.15) is 25.3 Å². The zero-order valence-electron chi connectivity index (χ0n) is 14.1. The van der Waals surface area contributed by atoms with E-state index in [9.17, 15) is 4.21 Å². The lowest BCUT2D eigenvalue weighted by molar-refractivity contribution is 0.0692. The molecule has 0 N–H and O–H groups in total. The average Bonchev–Trinajstić information content (AvgIpc) is 2.98. The van der Waals surface area contributed by atoms with Crippen molar-refractivity contribution in [2.24, 2.45) is 4.99 Å². The number of benzene rings is 1. The molecule has 1 unspecified atom stereocenters. The quantitative estimate of drug-likeness (QED) is 0.768. The minimum absolute atomic E-state index is 0.508. The second-order valence-electron chi connectivity index (χ2n) is 5.85. The van der Waals surface area contributed by atoms with Crippen LogP contribution in [0.5, 0.6) is 5.75 Å². The van der Waals surface area contributed by atoms with E-state index in [0.29, 0.717) is 24.9 Å². The maximum Gasteiger partial charge on any atom is 0.195 e. The van der Waals surface area contributed by atoms with Gasteiger partial charge in [0.05, 0.1) is 26.4 Å². The molecule has 0 spiro atoms. The number of morpholine rings is 1. The fourth-order valence-corrected chi connectivity index (χ4v) is 3.89. The molecule has 24 heavy (non-hydrogen) atoms. The summed E-state index contributed by atoms with van der Waals surface area (Å²) in [5.74, 6) is 0.878. The van der Waals surface area contributed by atoms with Crippen molar-refractivity contribution in [3.63, 3.8) is 0 Å². The van der Waals surface area contributed by atoms with Crippen molar-refractivity contribution in [2.45, 2.75) is 19.8 Å². The SMILES string of the molecule is CCCCOc1ccc(C=C2CN=C(N3CCOCC3)S2=O)cc1. The lowest BCUT2D eigenvalue weighted by atomic mass is 10.2. The predicted molar refractivity (Wildman–Crippen MR) is 97.7 cm³/mol. The normalized spacial score (nSPS) is 22.7. The standard InChI is InChI=1S/C18H24N2O3S/c1-2-3-10-23-16-6-4-15(5-7-16)13-17-14-19-18(24(17)21)20-8-11-22-12-9-20/h4-7,13H,2-3,8-12,14H2,1H3. The molecule has 2 aliphatic rings. The van der Waals surface area contributed by atoms with Gasteiger partial charge in [0, 0.05) is 18.0 Å². The van der Waals surface area contributed by atoms with Crippen molar-refractivity contribution in [3.05, 3.63) is 34.7 Å². The molecular formula is C18H24N2O3S. The van der Waals surface area contributed by atoms with Crippen LogP contribution in [-0.4, -0.2) is 53.7 Å². The van der Waals surface area contributed by atoms with Crippen LogP contribution in [0.4, 0.5) is 0 Å². The Morgan fingerprint density at radius 3 is 2.75 bits per heavy atom. The van der Waals surface area contributed by atoms with Crippen LogP contribution in [0.15, 0.2) is 34.2 Å². The Labute approximate surface area is 145 Å². The fraction of sp³-hybridized carbons (Fsp3) is 0.500. The van der Waals surface area contributed by atoms with Crippen molar-refractivity contribution in [1.29, 1.82) is 0 Å². The highest BCUT2D eigenvalue weighted by atomic mass is 32.2. The summed E-state index contributed by atoms with van der Waals surface area (Å²) in [6.07, 6.45) is 4.16. The summed E-state index contributed by atoms with van der Waals surface area (Å²) in [5.41, 5.74) is 1.03. The van der Waals surface area contributed by atoms with Gasteiger partial charge >= 0.3 is 0 Å². The van der Waals surface area contributed by atoms with Crippen LogP contribution < -0.4 is 4.74 Å². The molecule has 1 fully saturated rings. The highest BCUT2D eigenvalue weighted by Crippen LogP contribution is 2.21. The van der Waals surface area contributed by atoms with Crippen LogP contribution in [0.25, 0.3) is 6.08 Å². The first kappa shape index (κ1) is 17.2. The second-order valence-corrected chi connectivity index (χ2v) is 7.28. The molecule has 2 aliphatic heterocycles. The molecule has 1 aromatic carbocycles. The number of rotatable bonds is 5. The third-order valence-corrected chi connectivity index (χ3v) is 5.47. The number of nitrogens with zero attached hydrogens (tertiary/aromatic N) is 2. The van der Waals surface area contributed by atoms with E-state index in [1.807, 2.05) is 30.3 Å². The minimum Gasteiger partial charge on any atom is -0.494 e. The van der Waals surface area contributed by atoms with Crippen LogP contribution in [0.3, 0.4) is 0 Å². The molecule has 130 valence electrons. The highest BCUT2D eigenvalue weighted by Gasteiger charge is 2.27. The van der Waals surface area contributed by atoms with Crippen LogP contribution in [0.2, 0.25) is 0 Å². The maximum absolute atomic E-state index is 12.7. The third kappa shape index (κ3) is 4.24. The van der Waals surface area contributed by atoms with Gasteiger partial charge in [0.1, 0.15) is 16.5 Å². The van der Waals surface area contributed by atoms with Crippen LogP contribution in [-0.2, 0) is 15.5 Å². The Balaban J connectivity index is 1.61. The van der Waals surface area contributed by atoms with Gasteiger partial charge in [0.25, 0.3) is 0 Å².